The zero-order valence-electron chi connectivity index (χ0n) is 10.4. The van der Waals surface area contributed by atoms with Crippen LogP contribution in [-0.2, 0) is 0 Å². The van der Waals surface area contributed by atoms with Gasteiger partial charge in [0.15, 0.2) is 6.10 Å². The van der Waals surface area contributed by atoms with Crippen LogP contribution in [0.15, 0.2) is 48.5 Å². The third-order valence-corrected chi connectivity index (χ3v) is 2.92. The van der Waals surface area contributed by atoms with Crippen LogP contribution in [0.1, 0.15) is 18.9 Å². The van der Waals surface area contributed by atoms with E-state index in [1.54, 1.807) is 12.1 Å². The van der Waals surface area contributed by atoms with Crippen LogP contribution < -0.4 is 4.74 Å². The van der Waals surface area contributed by atoms with Crippen LogP contribution in [0.3, 0.4) is 0 Å². The van der Waals surface area contributed by atoms with Gasteiger partial charge in [-0.1, -0.05) is 12.1 Å². The molecule has 0 unspecified atom stereocenters. The molecule has 19 heavy (non-hydrogen) atoms. The highest BCUT2D eigenvalue weighted by molar-refractivity contribution is 5.74. The summed E-state index contributed by atoms with van der Waals surface area (Å²) in [5.41, 5.74) is 1.89. The number of aromatic nitrogens is 2. The maximum Gasteiger partial charge on any atom is 0.153 e. The minimum atomic E-state index is -0.274. The van der Waals surface area contributed by atoms with E-state index < -0.39 is 0 Å². The predicted octanol–water partition coefficient (Wildman–Crippen LogP) is 3.84. The molecule has 1 atom stereocenters. The summed E-state index contributed by atoms with van der Waals surface area (Å²) in [6.07, 6.45) is -0.224. The second-order valence-electron chi connectivity index (χ2n) is 4.35. The lowest BCUT2D eigenvalue weighted by Gasteiger charge is -2.12. The summed E-state index contributed by atoms with van der Waals surface area (Å²) in [6, 6.07) is 13.8. The number of hydrogen-bond donors (Lipinski definition) is 1. The van der Waals surface area contributed by atoms with Gasteiger partial charge < -0.3 is 9.72 Å². The fourth-order valence-corrected chi connectivity index (χ4v) is 1.94. The normalized spacial score (nSPS) is 12.5. The Hall–Kier alpha value is -2.36. The molecule has 0 fully saturated rings. The van der Waals surface area contributed by atoms with Gasteiger partial charge in [-0.15, -0.1) is 0 Å². The van der Waals surface area contributed by atoms with Crippen molar-refractivity contribution >= 4 is 11.0 Å². The average Bonchev–Trinajstić information content (AvgIpc) is 2.85. The molecule has 0 bridgehead atoms. The Morgan fingerprint density at radius 2 is 1.84 bits per heavy atom. The second-order valence-corrected chi connectivity index (χ2v) is 4.35. The minimum absolute atomic E-state index is 0.224. The molecule has 1 N–H and O–H groups in total. The van der Waals surface area contributed by atoms with Crippen molar-refractivity contribution in [1.29, 1.82) is 0 Å². The van der Waals surface area contributed by atoms with Gasteiger partial charge in [0.2, 0.25) is 0 Å². The van der Waals surface area contributed by atoms with Crippen molar-refractivity contribution in [2.24, 2.45) is 0 Å². The number of para-hydroxylation sites is 2. The van der Waals surface area contributed by atoms with Crippen LogP contribution in [0.4, 0.5) is 4.39 Å². The molecule has 0 radical (unpaired) electrons. The van der Waals surface area contributed by atoms with Gasteiger partial charge in [-0.05, 0) is 43.3 Å². The Kier molecular flexibility index (Phi) is 2.91. The van der Waals surface area contributed by atoms with E-state index in [1.165, 1.54) is 12.1 Å². The molecule has 0 saturated heterocycles. The van der Waals surface area contributed by atoms with Crippen LogP contribution in [0.25, 0.3) is 11.0 Å². The molecule has 0 aliphatic rings. The molecule has 0 spiro atoms. The largest absolute Gasteiger partial charge is 0.483 e. The fraction of sp³-hybridized carbons (Fsp3) is 0.133. The summed E-state index contributed by atoms with van der Waals surface area (Å²) >= 11 is 0. The number of nitrogens with one attached hydrogen (secondary N) is 1. The van der Waals surface area contributed by atoms with Crippen molar-refractivity contribution in [2.45, 2.75) is 13.0 Å². The van der Waals surface area contributed by atoms with E-state index in [1.807, 2.05) is 31.2 Å². The number of halogens is 1. The van der Waals surface area contributed by atoms with Gasteiger partial charge in [-0.3, -0.25) is 0 Å². The van der Waals surface area contributed by atoms with Gasteiger partial charge in [0, 0.05) is 0 Å². The van der Waals surface area contributed by atoms with E-state index in [9.17, 15) is 4.39 Å². The quantitative estimate of drug-likeness (QED) is 0.773. The van der Waals surface area contributed by atoms with Crippen molar-refractivity contribution in [1.82, 2.24) is 9.97 Å². The number of rotatable bonds is 3. The van der Waals surface area contributed by atoms with Crippen LogP contribution in [0.2, 0.25) is 0 Å². The molecule has 1 aromatic heterocycles. The number of ether oxygens (including phenoxy) is 1. The van der Waals surface area contributed by atoms with E-state index in [4.69, 9.17) is 4.74 Å². The molecule has 1 heterocycles. The summed E-state index contributed by atoms with van der Waals surface area (Å²) in [6.45, 7) is 1.90. The Balaban J connectivity index is 1.83. The summed E-state index contributed by atoms with van der Waals surface area (Å²) in [7, 11) is 0. The predicted molar refractivity (Wildman–Crippen MR) is 71.5 cm³/mol. The topological polar surface area (TPSA) is 37.9 Å². The molecule has 3 nitrogen and oxygen atoms in total. The zero-order chi connectivity index (χ0) is 13.2. The molecular weight excluding hydrogens is 243 g/mol. The average molecular weight is 256 g/mol. The lowest BCUT2D eigenvalue weighted by Crippen LogP contribution is -2.04. The van der Waals surface area contributed by atoms with Crippen molar-refractivity contribution in [3.05, 3.63) is 60.2 Å². The van der Waals surface area contributed by atoms with Crippen molar-refractivity contribution in [3.8, 4) is 5.75 Å². The van der Waals surface area contributed by atoms with E-state index >= 15 is 0 Å². The van der Waals surface area contributed by atoms with Crippen molar-refractivity contribution < 1.29 is 9.13 Å². The van der Waals surface area contributed by atoms with Gasteiger partial charge >= 0.3 is 0 Å². The molecular formula is C15H13FN2O. The van der Waals surface area contributed by atoms with Gasteiger partial charge in [-0.25, -0.2) is 9.37 Å². The number of fused-ring (bicyclic) bond motifs is 1. The summed E-state index contributed by atoms with van der Waals surface area (Å²) in [5, 5.41) is 0. The number of hydrogen-bond acceptors (Lipinski definition) is 2. The number of imidazole rings is 1. The molecule has 3 aromatic rings. The summed E-state index contributed by atoms with van der Waals surface area (Å²) < 4.78 is 18.5. The summed E-state index contributed by atoms with van der Waals surface area (Å²) in [4.78, 5) is 7.69. The lowest BCUT2D eigenvalue weighted by atomic mass is 10.3. The number of nitrogens with zero attached hydrogens (tertiary/aromatic N) is 1. The van der Waals surface area contributed by atoms with Crippen LogP contribution in [0, 0.1) is 5.82 Å². The maximum atomic E-state index is 12.8. The number of benzene rings is 2. The number of aromatic amines is 1. The van der Waals surface area contributed by atoms with Gasteiger partial charge in [0.05, 0.1) is 11.0 Å². The van der Waals surface area contributed by atoms with E-state index in [0.29, 0.717) is 5.75 Å². The van der Waals surface area contributed by atoms with Gasteiger partial charge in [0.1, 0.15) is 17.4 Å². The van der Waals surface area contributed by atoms with E-state index in [2.05, 4.69) is 9.97 Å². The minimum Gasteiger partial charge on any atom is -0.483 e. The molecule has 0 saturated carbocycles. The molecule has 0 amide bonds. The standard InChI is InChI=1S/C15H13FN2O/c1-10(19-12-8-6-11(16)7-9-12)15-17-13-4-2-3-5-14(13)18-15/h2-10H,1H3,(H,17,18)/t10-/m0/s1. The maximum absolute atomic E-state index is 12.8. The molecule has 0 aliphatic heterocycles. The monoisotopic (exact) mass is 256 g/mol. The van der Waals surface area contributed by atoms with Crippen LogP contribution >= 0.6 is 0 Å². The third kappa shape index (κ3) is 2.42. The lowest BCUT2D eigenvalue weighted by molar-refractivity contribution is 0.217. The highest BCUT2D eigenvalue weighted by Gasteiger charge is 2.12. The van der Waals surface area contributed by atoms with Gasteiger partial charge in [-0.2, -0.15) is 0 Å². The van der Waals surface area contributed by atoms with Gasteiger partial charge in [0.25, 0.3) is 0 Å². The summed E-state index contributed by atoms with van der Waals surface area (Å²) in [5.74, 6) is 1.10. The first-order chi connectivity index (χ1) is 9.22. The zero-order valence-corrected chi connectivity index (χ0v) is 10.4. The van der Waals surface area contributed by atoms with E-state index in [0.717, 1.165) is 16.9 Å². The molecule has 96 valence electrons. The molecule has 0 aliphatic carbocycles. The second kappa shape index (κ2) is 4.72. The smallest absolute Gasteiger partial charge is 0.153 e. The van der Waals surface area contributed by atoms with Crippen molar-refractivity contribution in [2.75, 3.05) is 0 Å². The molecule has 4 heteroatoms. The SMILES string of the molecule is C[C@H](Oc1ccc(F)cc1)c1nc2ccccc2[nH]1. The highest BCUT2D eigenvalue weighted by Crippen LogP contribution is 2.22. The first-order valence-corrected chi connectivity index (χ1v) is 6.09. The fourth-order valence-electron chi connectivity index (χ4n) is 1.94. The molecule has 3 rings (SSSR count). The van der Waals surface area contributed by atoms with E-state index in [-0.39, 0.29) is 11.9 Å². The highest BCUT2D eigenvalue weighted by atomic mass is 19.1. The Morgan fingerprint density at radius 3 is 2.58 bits per heavy atom. The van der Waals surface area contributed by atoms with Crippen LogP contribution in [0.5, 0.6) is 5.75 Å². The molecule has 2 aromatic carbocycles. The first kappa shape index (κ1) is 11.7. The first-order valence-electron chi connectivity index (χ1n) is 6.09. The van der Waals surface area contributed by atoms with Crippen LogP contribution in [-0.4, -0.2) is 9.97 Å². The third-order valence-electron chi connectivity index (χ3n) is 2.92. The Bertz CT molecular complexity index is 658. The Morgan fingerprint density at radius 1 is 1.11 bits per heavy atom. The van der Waals surface area contributed by atoms with Crippen molar-refractivity contribution in [3.63, 3.8) is 0 Å². The number of H-pyrrole nitrogens is 1. The Labute approximate surface area is 110 Å².